The fraction of sp³-hybridized carbons (Fsp3) is 0.133. The first-order valence-corrected chi connectivity index (χ1v) is 7.39. The molecule has 0 aliphatic heterocycles. The molecule has 8 heteroatoms. The number of para-hydroxylation sites is 2. The predicted octanol–water partition coefficient (Wildman–Crippen LogP) is 3.29. The Kier molecular flexibility index (Phi) is 5.88. The number of alkyl halides is 2. The van der Waals surface area contributed by atoms with E-state index in [1.807, 2.05) is 6.07 Å². The Labute approximate surface area is 135 Å². The predicted molar refractivity (Wildman–Crippen MR) is 81.4 cm³/mol. The normalized spacial score (nSPS) is 10.2. The lowest BCUT2D eigenvalue weighted by Gasteiger charge is -2.11. The van der Waals surface area contributed by atoms with E-state index in [1.54, 1.807) is 18.2 Å². The molecule has 0 saturated carbocycles. The molecule has 1 amide bonds. The molecule has 0 aliphatic rings. The fourth-order valence-corrected chi connectivity index (χ4v) is 2.35. The largest absolute Gasteiger partial charge is 0.433 e. The van der Waals surface area contributed by atoms with Crippen molar-refractivity contribution in [2.45, 2.75) is 11.6 Å². The Hall–Kier alpha value is -2.66. The SMILES string of the molecule is N#Cc1ccnc(SCC(=O)Nc2ccccc2OC(F)F)c1. The van der Waals surface area contributed by atoms with Crippen molar-refractivity contribution >= 4 is 23.4 Å². The Balaban J connectivity index is 1.96. The smallest absolute Gasteiger partial charge is 0.387 e. The standard InChI is InChI=1S/C15H11F2N3O2S/c16-15(17)22-12-4-2-1-3-11(12)20-13(21)9-23-14-7-10(8-18)5-6-19-14/h1-7,15H,9H2,(H,20,21). The number of halogens is 2. The minimum Gasteiger partial charge on any atom is -0.433 e. The van der Waals surface area contributed by atoms with Crippen LogP contribution in [0.15, 0.2) is 47.6 Å². The van der Waals surface area contributed by atoms with E-state index in [-0.39, 0.29) is 17.2 Å². The van der Waals surface area contributed by atoms with Gasteiger partial charge in [0, 0.05) is 6.20 Å². The van der Waals surface area contributed by atoms with Gasteiger partial charge in [-0.15, -0.1) is 0 Å². The number of carbonyl (C=O) groups excluding carboxylic acids is 1. The number of pyridine rings is 1. The highest BCUT2D eigenvalue weighted by atomic mass is 32.2. The van der Waals surface area contributed by atoms with Crippen molar-refractivity contribution in [2.24, 2.45) is 0 Å². The lowest BCUT2D eigenvalue weighted by atomic mass is 10.3. The maximum Gasteiger partial charge on any atom is 0.387 e. The van der Waals surface area contributed by atoms with Crippen molar-refractivity contribution in [3.63, 3.8) is 0 Å². The van der Waals surface area contributed by atoms with Crippen molar-refractivity contribution in [3.05, 3.63) is 48.2 Å². The van der Waals surface area contributed by atoms with Crippen LogP contribution in [0.5, 0.6) is 5.75 Å². The van der Waals surface area contributed by atoms with Gasteiger partial charge in [-0.2, -0.15) is 14.0 Å². The maximum absolute atomic E-state index is 12.3. The Bertz CT molecular complexity index is 735. The zero-order chi connectivity index (χ0) is 16.7. The minimum atomic E-state index is -2.97. The molecule has 0 fully saturated rings. The van der Waals surface area contributed by atoms with E-state index in [4.69, 9.17) is 5.26 Å². The summed E-state index contributed by atoms with van der Waals surface area (Å²) in [6.45, 7) is -2.97. The van der Waals surface area contributed by atoms with Crippen LogP contribution in [0.3, 0.4) is 0 Å². The number of hydrogen-bond donors (Lipinski definition) is 1. The quantitative estimate of drug-likeness (QED) is 0.820. The van der Waals surface area contributed by atoms with Gasteiger partial charge in [-0.25, -0.2) is 4.98 Å². The summed E-state index contributed by atoms with van der Waals surface area (Å²) in [4.78, 5) is 15.9. The average molecular weight is 335 g/mol. The van der Waals surface area contributed by atoms with Crippen LogP contribution in [0.1, 0.15) is 5.56 Å². The number of benzene rings is 1. The highest BCUT2D eigenvalue weighted by Gasteiger charge is 2.12. The second-order valence-corrected chi connectivity index (χ2v) is 5.20. The summed E-state index contributed by atoms with van der Waals surface area (Å²) in [5.74, 6) is -0.486. The van der Waals surface area contributed by atoms with Crippen molar-refractivity contribution in [3.8, 4) is 11.8 Å². The van der Waals surface area contributed by atoms with Gasteiger partial charge in [0.25, 0.3) is 0 Å². The van der Waals surface area contributed by atoms with Gasteiger partial charge in [0.1, 0.15) is 5.75 Å². The van der Waals surface area contributed by atoms with E-state index >= 15 is 0 Å². The number of nitriles is 1. The number of nitrogens with one attached hydrogen (secondary N) is 1. The Morgan fingerprint density at radius 3 is 2.91 bits per heavy atom. The van der Waals surface area contributed by atoms with Crippen molar-refractivity contribution in [1.82, 2.24) is 4.98 Å². The number of thioether (sulfide) groups is 1. The van der Waals surface area contributed by atoms with E-state index in [2.05, 4.69) is 15.0 Å². The zero-order valence-corrected chi connectivity index (χ0v) is 12.5. The van der Waals surface area contributed by atoms with Gasteiger partial charge < -0.3 is 10.1 Å². The molecule has 0 spiro atoms. The molecule has 0 bridgehead atoms. The molecule has 1 heterocycles. The molecule has 5 nitrogen and oxygen atoms in total. The number of anilines is 1. The van der Waals surface area contributed by atoms with Gasteiger partial charge >= 0.3 is 6.61 Å². The molecule has 2 aromatic rings. The molecule has 2 rings (SSSR count). The Morgan fingerprint density at radius 1 is 1.39 bits per heavy atom. The van der Waals surface area contributed by atoms with Gasteiger partial charge in [0.05, 0.1) is 28.1 Å². The number of nitrogens with zero attached hydrogens (tertiary/aromatic N) is 2. The number of amides is 1. The molecule has 0 aliphatic carbocycles. The number of aromatic nitrogens is 1. The van der Waals surface area contributed by atoms with E-state index in [0.717, 1.165) is 11.8 Å². The van der Waals surface area contributed by atoms with Crippen LogP contribution in [-0.2, 0) is 4.79 Å². The summed E-state index contributed by atoms with van der Waals surface area (Å²) < 4.78 is 28.9. The number of rotatable bonds is 6. The van der Waals surface area contributed by atoms with Crippen molar-refractivity contribution in [1.29, 1.82) is 5.26 Å². The molecule has 0 unspecified atom stereocenters. The first kappa shape index (κ1) is 16.7. The first-order chi connectivity index (χ1) is 11.1. The van der Waals surface area contributed by atoms with Crippen LogP contribution >= 0.6 is 11.8 Å². The molecule has 1 N–H and O–H groups in total. The molecule has 0 radical (unpaired) electrons. The van der Waals surface area contributed by atoms with E-state index in [9.17, 15) is 13.6 Å². The minimum absolute atomic E-state index is 0.0187. The zero-order valence-electron chi connectivity index (χ0n) is 11.7. The third kappa shape index (κ3) is 5.23. The molecule has 1 aromatic heterocycles. The summed E-state index contributed by atoms with van der Waals surface area (Å²) in [5.41, 5.74) is 0.607. The molecule has 0 saturated heterocycles. The second-order valence-electron chi connectivity index (χ2n) is 4.21. The van der Waals surface area contributed by atoms with Crippen LogP contribution in [0.2, 0.25) is 0 Å². The summed E-state index contributed by atoms with van der Waals surface area (Å²) in [6.07, 6.45) is 1.48. The van der Waals surface area contributed by atoms with Gasteiger partial charge in [-0.3, -0.25) is 4.79 Å². The van der Waals surface area contributed by atoms with Crippen molar-refractivity contribution in [2.75, 3.05) is 11.1 Å². The molecule has 23 heavy (non-hydrogen) atoms. The fourth-order valence-electron chi connectivity index (χ4n) is 1.65. The van der Waals surface area contributed by atoms with E-state index in [0.29, 0.717) is 10.6 Å². The summed E-state index contributed by atoms with van der Waals surface area (Å²) in [5, 5.41) is 11.8. The second kappa shape index (κ2) is 8.10. The van der Waals surface area contributed by atoms with Gasteiger partial charge in [0.2, 0.25) is 5.91 Å². The van der Waals surface area contributed by atoms with Crippen LogP contribution in [0.25, 0.3) is 0 Å². The average Bonchev–Trinajstić information content (AvgIpc) is 2.54. The summed E-state index contributed by atoms with van der Waals surface area (Å²) >= 11 is 1.13. The van der Waals surface area contributed by atoms with Crippen LogP contribution in [-0.4, -0.2) is 23.3 Å². The topological polar surface area (TPSA) is 75.0 Å². The van der Waals surface area contributed by atoms with Gasteiger partial charge in [0.15, 0.2) is 0 Å². The highest BCUT2D eigenvalue weighted by molar-refractivity contribution is 7.99. The van der Waals surface area contributed by atoms with E-state index in [1.165, 1.54) is 24.4 Å². The molecular formula is C15H11F2N3O2S. The van der Waals surface area contributed by atoms with Gasteiger partial charge in [-0.1, -0.05) is 23.9 Å². The third-order valence-electron chi connectivity index (χ3n) is 2.59. The molecule has 118 valence electrons. The van der Waals surface area contributed by atoms with Gasteiger partial charge in [-0.05, 0) is 24.3 Å². The van der Waals surface area contributed by atoms with Crippen LogP contribution < -0.4 is 10.1 Å². The van der Waals surface area contributed by atoms with Crippen LogP contribution in [0.4, 0.5) is 14.5 Å². The summed E-state index contributed by atoms with van der Waals surface area (Å²) in [7, 11) is 0. The first-order valence-electron chi connectivity index (χ1n) is 6.41. The van der Waals surface area contributed by atoms with E-state index < -0.39 is 12.5 Å². The Morgan fingerprint density at radius 2 is 2.17 bits per heavy atom. The molecule has 0 atom stereocenters. The molecular weight excluding hydrogens is 324 g/mol. The van der Waals surface area contributed by atoms with Crippen LogP contribution in [0, 0.1) is 11.3 Å². The number of ether oxygens (including phenoxy) is 1. The highest BCUT2D eigenvalue weighted by Crippen LogP contribution is 2.26. The molecule has 1 aromatic carbocycles. The summed E-state index contributed by atoms with van der Waals surface area (Å²) in [6, 6.07) is 11.0. The number of hydrogen-bond acceptors (Lipinski definition) is 5. The van der Waals surface area contributed by atoms with Crippen molar-refractivity contribution < 1.29 is 18.3 Å². The monoisotopic (exact) mass is 335 g/mol. The lowest BCUT2D eigenvalue weighted by Crippen LogP contribution is -2.15. The lowest BCUT2D eigenvalue weighted by molar-refractivity contribution is -0.113. The number of carbonyl (C=O) groups is 1. The third-order valence-corrected chi connectivity index (χ3v) is 3.52. The maximum atomic E-state index is 12.3.